The minimum atomic E-state index is 0.218. The zero-order valence-corrected chi connectivity index (χ0v) is 9.57. The van der Waals surface area contributed by atoms with Gasteiger partial charge in [-0.2, -0.15) is 5.10 Å². The van der Waals surface area contributed by atoms with Crippen molar-refractivity contribution in [2.75, 3.05) is 6.54 Å². The third-order valence-corrected chi connectivity index (χ3v) is 2.91. The van der Waals surface area contributed by atoms with Gasteiger partial charge in [0.15, 0.2) is 0 Å². The van der Waals surface area contributed by atoms with E-state index < -0.39 is 0 Å². The Morgan fingerprint density at radius 2 is 2.50 bits per heavy atom. The van der Waals surface area contributed by atoms with Crippen LogP contribution in [-0.4, -0.2) is 32.0 Å². The molecule has 0 spiro atoms. The maximum Gasteiger partial charge on any atom is 0.224 e. The van der Waals surface area contributed by atoms with Gasteiger partial charge in [0, 0.05) is 43.1 Å². The third kappa shape index (κ3) is 1.97. The smallest absolute Gasteiger partial charge is 0.224 e. The van der Waals surface area contributed by atoms with Crippen molar-refractivity contribution in [3.63, 3.8) is 0 Å². The molecule has 1 amide bonds. The van der Waals surface area contributed by atoms with Crippen molar-refractivity contribution in [3.05, 3.63) is 18.0 Å². The summed E-state index contributed by atoms with van der Waals surface area (Å²) in [5, 5.41) is 4.07. The molecule has 4 nitrogen and oxygen atoms in total. The second-order valence-corrected chi connectivity index (χ2v) is 4.89. The van der Waals surface area contributed by atoms with Gasteiger partial charge in [-0.15, -0.1) is 0 Å². The molecule has 0 bridgehead atoms. The first kappa shape index (κ1) is 9.71. The van der Waals surface area contributed by atoms with Gasteiger partial charge in [-0.3, -0.25) is 9.48 Å². The molecule has 1 fully saturated rings. The Labute approximate surface area is 91.0 Å². The summed E-state index contributed by atoms with van der Waals surface area (Å²) in [5.74, 6) is 0.218. The summed E-state index contributed by atoms with van der Waals surface area (Å²) in [7, 11) is 1.88. The van der Waals surface area contributed by atoms with E-state index in [0.29, 0.717) is 17.8 Å². The van der Waals surface area contributed by atoms with E-state index in [4.69, 9.17) is 0 Å². The summed E-state index contributed by atoms with van der Waals surface area (Å²) in [6.45, 7) is 1.47. The number of hydrogen-bond donors (Lipinski definition) is 0. The average Bonchev–Trinajstić information content (AvgIpc) is 2.61. The van der Waals surface area contributed by atoms with Crippen LogP contribution in [0.4, 0.5) is 0 Å². The standard InChI is InChI=1S/C9H12BrN3O/c1-12-4-7(3-11-12)5-13-6-8(10)2-9(13)14/h3-4,8H,2,5-6H2,1H3. The number of hydrogen-bond acceptors (Lipinski definition) is 2. The van der Waals surface area contributed by atoms with Crippen LogP contribution in [0.5, 0.6) is 0 Å². The number of nitrogens with zero attached hydrogens (tertiary/aromatic N) is 3. The van der Waals surface area contributed by atoms with Crippen molar-refractivity contribution in [1.82, 2.24) is 14.7 Å². The monoisotopic (exact) mass is 257 g/mol. The number of aromatic nitrogens is 2. The van der Waals surface area contributed by atoms with Gasteiger partial charge in [0.25, 0.3) is 0 Å². The molecule has 1 aliphatic rings. The SMILES string of the molecule is Cn1cc(CN2CC(Br)CC2=O)cn1. The van der Waals surface area contributed by atoms with E-state index in [1.807, 2.05) is 18.1 Å². The Morgan fingerprint density at radius 1 is 1.71 bits per heavy atom. The van der Waals surface area contributed by atoms with Crippen molar-refractivity contribution in [2.24, 2.45) is 7.05 Å². The highest BCUT2D eigenvalue weighted by molar-refractivity contribution is 9.09. The Hall–Kier alpha value is -0.840. The fourth-order valence-electron chi connectivity index (χ4n) is 1.65. The number of likely N-dealkylation sites (tertiary alicyclic amines) is 1. The molecule has 1 unspecified atom stereocenters. The average molecular weight is 258 g/mol. The minimum Gasteiger partial charge on any atom is -0.337 e. The molecule has 5 heteroatoms. The van der Waals surface area contributed by atoms with Gasteiger partial charge in [0.2, 0.25) is 5.91 Å². The normalized spacial score (nSPS) is 22.0. The summed E-state index contributed by atoms with van der Waals surface area (Å²) in [6, 6.07) is 0. The molecule has 1 atom stereocenters. The molecule has 14 heavy (non-hydrogen) atoms. The molecule has 0 saturated carbocycles. The van der Waals surface area contributed by atoms with E-state index in [9.17, 15) is 4.79 Å². The number of carbonyl (C=O) groups is 1. The van der Waals surface area contributed by atoms with Crippen LogP contribution in [0.25, 0.3) is 0 Å². The summed E-state index contributed by atoms with van der Waals surface area (Å²) in [6.07, 6.45) is 4.35. The lowest BCUT2D eigenvalue weighted by Gasteiger charge is -2.13. The lowest BCUT2D eigenvalue weighted by molar-refractivity contribution is -0.128. The lowest BCUT2D eigenvalue weighted by atomic mass is 10.3. The van der Waals surface area contributed by atoms with E-state index in [1.54, 1.807) is 10.9 Å². The van der Waals surface area contributed by atoms with Gasteiger partial charge in [0.1, 0.15) is 0 Å². The highest BCUT2D eigenvalue weighted by Crippen LogP contribution is 2.19. The first-order valence-corrected chi connectivity index (χ1v) is 5.46. The van der Waals surface area contributed by atoms with Gasteiger partial charge < -0.3 is 4.90 Å². The molecular weight excluding hydrogens is 246 g/mol. The first-order chi connectivity index (χ1) is 6.65. The number of aryl methyl sites for hydroxylation is 1. The van der Waals surface area contributed by atoms with Crippen LogP contribution >= 0.6 is 15.9 Å². The minimum absolute atomic E-state index is 0.218. The van der Waals surface area contributed by atoms with Gasteiger partial charge in [0.05, 0.1) is 6.20 Å². The van der Waals surface area contributed by atoms with Crippen molar-refractivity contribution < 1.29 is 4.79 Å². The molecule has 76 valence electrons. The molecular formula is C9H12BrN3O. The van der Waals surface area contributed by atoms with Crippen LogP contribution in [0.15, 0.2) is 12.4 Å². The number of amides is 1. The molecule has 0 radical (unpaired) electrons. The molecule has 2 heterocycles. The summed E-state index contributed by atoms with van der Waals surface area (Å²) in [4.78, 5) is 13.6. The van der Waals surface area contributed by atoms with Crippen molar-refractivity contribution in [2.45, 2.75) is 17.8 Å². The lowest BCUT2D eigenvalue weighted by Crippen LogP contribution is -2.24. The Bertz CT molecular complexity index is 350. The highest BCUT2D eigenvalue weighted by Gasteiger charge is 2.27. The Morgan fingerprint density at radius 3 is 3.00 bits per heavy atom. The number of carbonyl (C=O) groups excluding carboxylic acids is 1. The summed E-state index contributed by atoms with van der Waals surface area (Å²) in [5.41, 5.74) is 1.09. The summed E-state index contributed by atoms with van der Waals surface area (Å²) < 4.78 is 1.75. The maximum absolute atomic E-state index is 11.5. The van der Waals surface area contributed by atoms with E-state index in [2.05, 4.69) is 21.0 Å². The predicted octanol–water partition coefficient (Wildman–Crippen LogP) is 0.916. The number of alkyl halides is 1. The molecule has 0 aromatic carbocycles. The summed E-state index contributed by atoms with van der Waals surface area (Å²) >= 11 is 3.45. The quantitative estimate of drug-likeness (QED) is 0.740. The van der Waals surface area contributed by atoms with Gasteiger partial charge in [-0.1, -0.05) is 15.9 Å². The molecule has 1 aromatic heterocycles. The number of halogens is 1. The molecule has 0 N–H and O–H groups in total. The van der Waals surface area contributed by atoms with E-state index in [1.165, 1.54) is 0 Å². The van der Waals surface area contributed by atoms with Crippen molar-refractivity contribution in [1.29, 1.82) is 0 Å². The molecule has 0 aliphatic carbocycles. The zero-order valence-electron chi connectivity index (χ0n) is 7.98. The predicted molar refractivity (Wildman–Crippen MR) is 56.0 cm³/mol. The van der Waals surface area contributed by atoms with E-state index in [-0.39, 0.29) is 5.91 Å². The fourth-order valence-corrected chi connectivity index (χ4v) is 2.28. The maximum atomic E-state index is 11.5. The van der Waals surface area contributed by atoms with Crippen LogP contribution in [-0.2, 0) is 18.4 Å². The zero-order chi connectivity index (χ0) is 10.1. The van der Waals surface area contributed by atoms with Gasteiger partial charge >= 0.3 is 0 Å². The van der Waals surface area contributed by atoms with Crippen LogP contribution in [0.2, 0.25) is 0 Å². The Kier molecular flexibility index (Phi) is 2.58. The van der Waals surface area contributed by atoms with Crippen molar-refractivity contribution in [3.8, 4) is 0 Å². The molecule has 1 aromatic rings. The van der Waals surface area contributed by atoms with Crippen molar-refractivity contribution >= 4 is 21.8 Å². The fraction of sp³-hybridized carbons (Fsp3) is 0.556. The second kappa shape index (κ2) is 3.73. The van der Waals surface area contributed by atoms with Crippen LogP contribution in [0, 0.1) is 0 Å². The molecule has 2 rings (SSSR count). The Balaban J connectivity index is 2.01. The van der Waals surface area contributed by atoms with Crippen LogP contribution < -0.4 is 0 Å². The topological polar surface area (TPSA) is 38.1 Å². The second-order valence-electron chi connectivity index (χ2n) is 3.60. The van der Waals surface area contributed by atoms with E-state index >= 15 is 0 Å². The van der Waals surface area contributed by atoms with Gasteiger partial charge in [-0.25, -0.2) is 0 Å². The molecule has 1 saturated heterocycles. The van der Waals surface area contributed by atoms with Crippen LogP contribution in [0.1, 0.15) is 12.0 Å². The van der Waals surface area contributed by atoms with Crippen LogP contribution in [0.3, 0.4) is 0 Å². The van der Waals surface area contributed by atoms with Gasteiger partial charge in [-0.05, 0) is 0 Å². The molecule has 1 aliphatic heterocycles. The number of rotatable bonds is 2. The largest absolute Gasteiger partial charge is 0.337 e. The highest BCUT2D eigenvalue weighted by atomic mass is 79.9. The first-order valence-electron chi connectivity index (χ1n) is 4.54. The third-order valence-electron chi connectivity index (χ3n) is 2.30. The van der Waals surface area contributed by atoms with E-state index in [0.717, 1.165) is 12.1 Å².